The number of halogens is 1. The monoisotopic (exact) mass is 368 g/mol. The highest BCUT2D eigenvalue weighted by molar-refractivity contribution is 5.97. The number of rotatable bonds is 6. The zero-order valence-electron chi connectivity index (χ0n) is 15.4. The summed E-state index contributed by atoms with van der Waals surface area (Å²) in [5.41, 5.74) is 3.39. The number of carbonyl (C=O) groups is 1. The largest absolute Gasteiger partial charge is 0.465 e. The summed E-state index contributed by atoms with van der Waals surface area (Å²) in [6, 6.07) is 4.09. The average Bonchev–Trinajstić information content (AvgIpc) is 3.24. The van der Waals surface area contributed by atoms with E-state index < -0.39 is 11.8 Å². The number of esters is 1. The lowest BCUT2D eigenvalue weighted by molar-refractivity contribution is 0.0601. The molecule has 0 amide bonds. The first-order valence-electron chi connectivity index (χ1n) is 8.95. The highest BCUT2D eigenvalue weighted by Gasteiger charge is 2.23. The van der Waals surface area contributed by atoms with Crippen molar-refractivity contribution in [3.05, 3.63) is 59.3 Å². The van der Waals surface area contributed by atoms with E-state index in [9.17, 15) is 9.18 Å². The fraction of sp³-hybridized carbons (Fsp3) is 0.350. The Morgan fingerprint density at radius 2 is 2.15 bits per heavy atom. The molecule has 2 heterocycles. The van der Waals surface area contributed by atoms with Crippen LogP contribution < -0.4 is 0 Å². The van der Waals surface area contributed by atoms with Crippen LogP contribution >= 0.6 is 0 Å². The van der Waals surface area contributed by atoms with Crippen LogP contribution in [0.1, 0.15) is 34.3 Å². The quantitative estimate of drug-likeness (QED) is 0.627. The molecule has 7 heteroatoms. The van der Waals surface area contributed by atoms with E-state index in [0.29, 0.717) is 17.7 Å². The Balaban J connectivity index is 1.67. The molecule has 1 aliphatic carbocycles. The Morgan fingerprint density at radius 1 is 1.33 bits per heavy atom. The maximum Gasteiger partial charge on any atom is 0.338 e. The molecular weight excluding hydrogens is 347 g/mol. The van der Waals surface area contributed by atoms with Crippen LogP contribution in [0, 0.1) is 11.7 Å². The smallest absolute Gasteiger partial charge is 0.338 e. The number of benzene rings is 1. The molecular formula is C20H21FN4O2. The molecule has 27 heavy (non-hydrogen) atoms. The lowest BCUT2D eigenvalue weighted by Gasteiger charge is -2.08. The predicted octanol–water partition coefficient (Wildman–Crippen LogP) is 3.21. The van der Waals surface area contributed by atoms with Gasteiger partial charge in [-0.1, -0.05) is 0 Å². The number of hydrogen-bond acceptors (Lipinski definition) is 4. The molecule has 6 nitrogen and oxygen atoms in total. The molecule has 3 aromatic rings. The van der Waals surface area contributed by atoms with Gasteiger partial charge in [-0.15, -0.1) is 0 Å². The molecule has 2 aromatic heterocycles. The van der Waals surface area contributed by atoms with Crippen molar-refractivity contribution in [2.45, 2.75) is 25.8 Å². The van der Waals surface area contributed by atoms with Gasteiger partial charge in [-0.05, 0) is 42.5 Å². The van der Waals surface area contributed by atoms with Gasteiger partial charge in [0, 0.05) is 43.5 Å². The van der Waals surface area contributed by atoms with Crippen molar-refractivity contribution in [3.63, 3.8) is 0 Å². The van der Waals surface area contributed by atoms with Gasteiger partial charge in [-0.2, -0.15) is 10.2 Å². The van der Waals surface area contributed by atoms with Gasteiger partial charge < -0.3 is 4.74 Å². The molecule has 1 aliphatic rings. The van der Waals surface area contributed by atoms with Gasteiger partial charge in [0.15, 0.2) is 0 Å². The van der Waals surface area contributed by atoms with Crippen LogP contribution in [0.4, 0.5) is 4.39 Å². The van der Waals surface area contributed by atoms with Crippen molar-refractivity contribution in [1.82, 2.24) is 19.6 Å². The summed E-state index contributed by atoms with van der Waals surface area (Å²) in [4.78, 5) is 12.1. The number of aromatic nitrogens is 4. The summed E-state index contributed by atoms with van der Waals surface area (Å²) in [5.74, 6) is -0.315. The van der Waals surface area contributed by atoms with E-state index in [-0.39, 0.29) is 5.56 Å². The molecule has 0 unspecified atom stereocenters. The van der Waals surface area contributed by atoms with Gasteiger partial charge in [0.25, 0.3) is 0 Å². The van der Waals surface area contributed by atoms with E-state index in [1.165, 1.54) is 32.1 Å². The maximum absolute atomic E-state index is 13.7. The molecule has 1 fully saturated rings. The van der Waals surface area contributed by atoms with Crippen molar-refractivity contribution in [1.29, 1.82) is 0 Å². The number of aryl methyl sites for hydroxylation is 1. The number of hydrogen-bond donors (Lipinski definition) is 0. The summed E-state index contributed by atoms with van der Waals surface area (Å²) in [6.45, 7) is 0.963. The molecule has 0 atom stereocenters. The van der Waals surface area contributed by atoms with Gasteiger partial charge in [0.2, 0.25) is 0 Å². The van der Waals surface area contributed by atoms with Crippen LogP contribution in [-0.2, 0) is 24.8 Å². The highest BCUT2D eigenvalue weighted by atomic mass is 19.1. The second-order valence-corrected chi connectivity index (χ2v) is 7.05. The summed E-state index contributed by atoms with van der Waals surface area (Å²) >= 11 is 0. The van der Waals surface area contributed by atoms with E-state index in [2.05, 4.69) is 16.4 Å². The lowest BCUT2D eigenvalue weighted by Crippen LogP contribution is -2.05. The maximum atomic E-state index is 13.7. The van der Waals surface area contributed by atoms with E-state index >= 15 is 0 Å². The van der Waals surface area contributed by atoms with Gasteiger partial charge in [-0.25, -0.2) is 9.18 Å². The molecule has 0 saturated heterocycles. The Labute approximate surface area is 156 Å². The van der Waals surface area contributed by atoms with Crippen molar-refractivity contribution in [2.75, 3.05) is 7.11 Å². The molecule has 0 spiro atoms. The van der Waals surface area contributed by atoms with Crippen LogP contribution in [-0.4, -0.2) is 32.6 Å². The second-order valence-electron chi connectivity index (χ2n) is 7.05. The Morgan fingerprint density at radius 3 is 2.89 bits per heavy atom. The highest BCUT2D eigenvalue weighted by Crippen LogP contribution is 2.31. The van der Waals surface area contributed by atoms with Gasteiger partial charge in [0.05, 0.1) is 24.6 Å². The minimum absolute atomic E-state index is 0.168. The van der Waals surface area contributed by atoms with E-state index in [4.69, 9.17) is 4.74 Å². The first-order valence-corrected chi connectivity index (χ1v) is 8.95. The Bertz CT molecular complexity index is 988. The molecule has 1 saturated carbocycles. The standard InChI is InChI=1S/C20H21FN4O2/c1-24-12-15(7-14-9-22-25(11-14)10-13-3-4-13)19(23-24)17-6-5-16(21)8-18(17)20(26)27-2/h5-6,8-9,11-13H,3-4,7,10H2,1-2H3. The fourth-order valence-corrected chi connectivity index (χ4v) is 3.28. The fourth-order valence-electron chi connectivity index (χ4n) is 3.28. The minimum atomic E-state index is -0.585. The van der Waals surface area contributed by atoms with Crippen LogP contribution in [0.2, 0.25) is 0 Å². The third-order valence-corrected chi connectivity index (χ3v) is 4.77. The molecule has 0 radical (unpaired) electrons. The van der Waals surface area contributed by atoms with E-state index in [1.807, 2.05) is 24.1 Å². The third kappa shape index (κ3) is 3.77. The normalized spacial score (nSPS) is 13.7. The van der Waals surface area contributed by atoms with Crippen LogP contribution in [0.5, 0.6) is 0 Å². The van der Waals surface area contributed by atoms with Crippen molar-refractivity contribution in [2.24, 2.45) is 13.0 Å². The number of carbonyl (C=O) groups excluding carboxylic acids is 1. The Kier molecular flexibility index (Phi) is 4.51. The van der Waals surface area contributed by atoms with Crippen LogP contribution in [0.15, 0.2) is 36.8 Å². The van der Waals surface area contributed by atoms with E-state index in [1.54, 1.807) is 10.7 Å². The van der Waals surface area contributed by atoms with Gasteiger partial charge in [-0.3, -0.25) is 9.36 Å². The predicted molar refractivity (Wildman–Crippen MR) is 97.7 cm³/mol. The average molecular weight is 368 g/mol. The molecule has 0 aliphatic heterocycles. The van der Waals surface area contributed by atoms with E-state index in [0.717, 1.165) is 23.6 Å². The minimum Gasteiger partial charge on any atom is -0.465 e. The van der Waals surface area contributed by atoms with Crippen LogP contribution in [0.3, 0.4) is 0 Å². The third-order valence-electron chi connectivity index (χ3n) is 4.77. The van der Waals surface area contributed by atoms with Crippen molar-refractivity contribution >= 4 is 5.97 Å². The molecule has 0 N–H and O–H groups in total. The zero-order chi connectivity index (χ0) is 19.0. The molecule has 140 valence electrons. The molecule has 4 rings (SSSR count). The second kappa shape index (κ2) is 6.98. The first kappa shape index (κ1) is 17.5. The summed E-state index contributed by atoms with van der Waals surface area (Å²) < 4.78 is 22.2. The topological polar surface area (TPSA) is 61.9 Å². The SMILES string of the molecule is COC(=O)c1cc(F)ccc1-c1nn(C)cc1Cc1cnn(CC2CC2)c1. The van der Waals surface area contributed by atoms with Crippen molar-refractivity contribution < 1.29 is 13.9 Å². The van der Waals surface area contributed by atoms with Crippen molar-refractivity contribution in [3.8, 4) is 11.3 Å². The molecule has 1 aromatic carbocycles. The summed E-state index contributed by atoms with van der Waals surface area (Å²) in [7, 11) is 3.11. The first-order chi connectivity index (χ1) is 13.0. The van der Waals surface area contributed by atoms with Crippen LogP contribution in [0.25, 0.3) is 11.3 Å². The summed E-state index contributed by atoms with van der Waals surface area (Å²) in [6.07, 6.45) is 9.03. The number of nitrogens with zero attached hydrogens (tertiary/aromatic N) is 4. The van der Waals surface area contributed by atoms with Gasteiger partial charge >= 0.3 is 5.97 Å². The van der Waals surface area contributed by atoms with Gasteiger partial charge in [0.1, 0.15) is 5.82 Å². The number of methoxy groups -OCH3 is 1. The zero-order valence-corrected chi connectivity index (χ0v) is 15.4. The Hall–Kier alpha value is -2.96. The number of ether oxygens (including phenoxy) is 1. The lowest BCUT2D eigenvalue weighted by atomic mass is 9.99. The molecule has 0 bridgehead atoms. The summed E-state index contributed by atoms with van der Waals surface area (Å²) in [5, 5.41) is 8.95.